The van der Waals surface area contributed by atoms with E-state index in [2.05, 4.69) is 0 Å². The lowest BCUT2D eigenvalue weighted by Gasteiger charge is -2.31. The normalized spacial score (nSPS) is 17.2. The van der Waals surface area contributed by atoms with Gasteiger partial charge in [0.1, 0.15) is 0 Å². The molecular formula is C12H17ClFNO. The van der Waals surface area contributed by atoms with Crippen LogP contribution in [0.2, 0.25) is 0 Å². The monoisotopic (exact) mass is 245 g/mol. The van der Waals surface area contributed by atoms with E-state index in [1.807, 2.05) is 0 Å². The van der Waals surface area contributed by atoms with E-state index in [0.29, 0.717) is 11.5 Å². The summed E-state index contributed by atoms with van der Waals surface area (Å²) in [6, 6.07) is 4.97. The molecule has 1 atom stereocenters. The van der Waals surface area contributed by atoms with Crippen LogP contribution in [-0.4, -0.2) is 7.11 Å². The molecule has 0 amide bonds. The molecule has 1 aliphatic rings. The quantitative estimate of drug-likeness (QED) is 0.888. The van der Waals surface area contributed by atoms with Crippen molar-refractivity contribution >= 4 is 12.4 Å². The third kappa shape index (κ3) is 2.30. The Labute approximate surface area is 101 Å². The molecule has 0 radical (unpaired) electrons. The van der Waals surface area contributed by atoms with E-state index in [4.69, 9.17) is 10.5 Å². The van der Waals surface area contributed by atoms with Crippen molar-refractivity contribution < 1.29 is 9.13 Å². The molecule has 0 aliphatic heterocycles. The summed E-state index contributed by atoms with van der Waals surface area (Å²) in [5, 5.41) is 0. The molecule has 1 saturated carbocycles. The summed E-state index contributed by atoms with van der Waals surface area (Å²) in [6.45, 7) is 0. The van der Waals surface area contributed by atoms with E-state index in [9.17, 15) is 4.39 Å². The second-order valence-electron chi connectivity index (χ2n) is 4.08. The number of halogens is 2. The average molecular weight is 246 g/mol. The summed E-state index contributed by atoms with van der Waals surface area (Å²) in [5.74, 6) is 0.410. The first kappa shape index (κ1) is 13.3. The van der Waals surface area contributed by atoms with Gasteiger partial charge in [-0.2, -0.15) is 0 Å². The van der Waals surface area contributed by atoms with Crippen molar-refractivity contribution in [3.8, 4) is 5.75 Å². The van der Waals surface area contributed by atoms with Crippen LogP contribution in [0.1, 0.15) is 30.9 Å². The topological polar surface area (TPSA) is 35.2 Å². The molecule has 1 aromatic carbocycles. The fraction of sp³-hybridized carbons (Fsp3) is 0.500. The number of hydrogen-bond acceptors (Lipinski definition) is 2. The first-order valence-electron chi connectivity index (χ1n) is 5.32. The van der Waals surface area contributed by atoms with E-state index in [0.717, 1.165) is 12.8 Å². The number of hydrogen-bond donors (Lipinski definition) is 1. The van der Waals surface area contributed by atoms with Gasteiger partial charge in [0.05, 0.1) is 7.11 Å². The Balaban J connectivity index is 0.00000128. The highest BCUT2D eigenvalue weighted by Crippen LogP contribution is 2.38. The number of methoxy groups -OCH3 is 1. The molecule has 2 rings (SSSR count). The summed E-state index contributed by atoms with van der Waals surface area (Å²) in [7, 11) is 1.47. The SMILES string of the molecule is COc1cccc([C@H](N)C2CCC2)c1F.Cl. The molecule has 0 bridgehead atoms. The van der Waals surface area contributed by atoms with Crippen LogP contribution in [0, 0.1) is 11.7 Å². The van der Waals surface area contributed by atoms with Gasteiger partial charge < -0.3 is 10.5 Å². The van der Waals surface area contributed by atoms with Gasteiger partial charge in [0.25, 0.3) is 0 Å². The summed E-state index contributed by atoms with van der Waals surface area (Å²) in [4.78, 5) is 0. The summed E-state index contributed by atoms with van der Waals surface area (Å²) in [6.07, 6.45) is 3.43. The Bertz CT molecular complexity index is 355. The van der Waals surface area contributed by atoms with Crippen molar-refractivity contribution in [2.24, 2.45) is 11.7 Å². The average Bonchev–Trinajstić information content (AvgIpc) is 2.15. The molecule has 2 nitrogen and oxygen atoms in total. The third-order valence-corrected chi connectivity index (χ3v) is 3.23. The van der Waals surface area contributed by atoms with Gasteiger partial charge in [-0.05, 0) is 24.8 Å². The predicted octanol–water partition coefficient (Wildman–Crippen LogP) is 3.06. The highest BCUT2D eigenvalue weighted by molar-refractivity contribution is 5.85. The molecule has 4 heteroatoms. The molecule has 0 saturated heterocycles. The van der Waals surface area contributed by atoms with Crippen molar-refractivity contribution in [2.75, 3.05) is 7.11 Å². The molecule has 0 unspecified atom stereocenters. The highest BCUT2D eigenvalue weighted by atomic mass is 35.5. The van der Waals surface area contributed by atoms with Crippen LogP contribution in [0.3, 0.4) is 0 Å². The van der Waals surface area contributed by atoms with Gasteiger partial charge in [-0.15, -0.1) is 12.4 Å². The molecule has 16 heavy (non-hydrogen) atoms. The Morgan fingerprint density at radius 3 is 2.62 bits per heavy atom. The minimum Gasteiger partial charge on any atom is -0.494 e. The largest absolute Gasteiger partial charge is 0.494 e. The molecule has 1 aliphatic carbocycles. The van der Waals surface area contributed by atoms with Crippen LogP contribution in [0.25, 0.3) is 0 Å². The van der Waals surface area contributed by atoms with Crippen LogP contribution in [0.4, 0.5) is 4.39 Å². The summed E-state index contributed by atoms with van der Waals surface area (Å²) < 4.78 is 18.8. The van der Waals surface area contributed by atoms with E-state index < -0.39 is 0 Å². The maximum atomic E-state index is 13.8. The summed E-state index contributed by atoms with van der Waals surface area (Å²) in [5.41, 5.74) is 6.61. The van der Waals surface area contributed by atoms with Gasteiger partial charge >= 0.3 is 0 Å². The van der Waals surface area contributed by atoms with Crippen LogP contribution < -0.4 is 10.5 Å². The second-order valence-corrected chi connectivity index (χ2v) is 4.08. The molecule has 0 aromatic heterocycles. The van der Waals surface area contributed by atoms with Crippen LogP contribution in [0.15, 0.2) is 18.2 Å². The van der Waals surface area contributed by atoms with Gasteiger partial charge in [-0.3, -0.25) is 0 Å². The zero-order valence-electron chi connectivity index (χ0n) is 9.28. The zero-order valence-corrected chi connectivity index (χ0v) is 10.1. The van der Waals surface area contributed by atoms with Gasteiger partial charge in [-0.1, -0.05) is 18.6 Å². The van der Waals surface area contributed by atoms with Crippen molar-refractivity contribution in [1.29, 1.82) is 0 Å². The van der Waals surface area contributed by atoms with Gasteiger partial charge in [0, 0.05) is 11.6 Å². The van der Waals surface area contributed by atoms with Crippen LogP contribution >= 0.6 is 12.4 Å². The number of ether oxygens (including phenoxy) is 1. The van der Waals surface area contributed by atoms with E-state index in [-0.39, 0.29) is 30.0 Å². The van der Waals surface area contributed by atoms with Gasteiger partial charge in [-0.25, -0.2) is 4.39 Å². The van der Waals surface area contributed by atoms with Gasteiger partial charge in [0.2, 0.25) is 0 Å². The van der Waals surface area contributed by atoms with Crippen molar-refractivity contribution in [2.45, 2.75) is 25.3 Å². The molecule has 1 aromatic rings. The lowest BCUT2D eigenvalue weighted by atomic mass is 9.77. The Hall–Kier alpha value is -0.800. The maximum absolute atomic E-state index is 13.8. The molecule has 1 fully saturated rings. The van der Waals surface area contributed by atoms with Crippen molar-refractivity contribution in [1.82, 2.24) is 0 Å². The maximum Gasteiger partial charge on any atom is 0.169 e. The van der Waals surface area contributed by atoms with E-state index in [1.165, 1.54) is 13.5 Å². The lowest BCUT2D eigenvalue weighted by Crippen LogP contribution is -2.27. The fourth-order valence-corrected chi connectivity index (χ4v) is 2.00. The number of benzene rings is 1. The highest BCUT2D eigenvalue weighted by Gasteiger charge is 2.28. The molecule has 2 N–H and O–H groups in total. The smallest absolute Gasteiger partial charge is 0.169 e. The van der Waals surface area contributed by atoms with Gasteiger partial charge in [0.15, 0.2) is 11.6 Å². The predicted molar refractivity (Wildman–Crippen MR) is 64.5 cm³/mol. The first-order chi connectivity index (χ1) is 7.24. The van der Waals surface area contributed by atoms with E-state index >= 15 is 0 Å². The van der Waals surface area contributed by atoms with Crippen molar-refractivity contribution in [3.05, 3.63) is 29.6 Å². The van der Waals surface area contributed by atoms with E-state index in [1.54, 1.807) is 18.2 Å². The minimum atomic E-state index is -0.306. The minimum absolute atomic E-state index is 0. The first-order valence-corrected chi connectivity index (χ1v) is 5.32. The van der Waals surface area contributed by atoms with Crippen LogP contribution in [0.5, 0.6) is 5.75 Å². The Morgan fingerprint density at radius 1 is 1.44 bits per heavy atom. The molecule has 0 spiro atoms. The van der Waals surface area contributed by atoms with Crippen molar-refractivity contribution in [3.63, 3.8) is 0 Å². The molecule has 90 valence electrons. The number of rotatable bonds is 3. The van der Waals surface area contributed by atoms with Crippen LogP contribution in [-0.2, 0) is 0 Å². The zero-order chi connectivity index (χ0) is 10.8. The molecule has 0 heterocycles. The standard InChI is InChI=1S/C12H16FNO.ClH/c1-15-10-7-3-6-9(11(10)13)12(14)8-4-2-5-8;/h3,6-8,12H,2,4-5,14H2,1H3;1H/t12-;/m1./s1. The third-order valence-electron chi connectivity index (χ3n) is 3.23. The number of nitrogens with two attached hydrogens (primary N) is 1. The Kier molecular flexibility index (Phi) is 4.56. The Morgan fingerprint density at radius 2 is 2.12 bits per heavy atom. The molecular weight excluding hydrogens is 229 g/mol. The second kappa shape index (κ2) is 5.51. The summed E-state index contributed by atoms with van der Waals surface area (Å²) >= 11 is 0. The fourth-order valence-electron chi connectivity index (χ4n) is 2.00. The lowest BCUT2D eigenvalue weighted by molar-refractivity contribution is 0.259.